The number of hydrogen-bond donors (Lipinski definition) is 1. The summed E-state index contributed by atoms with van der Waals surface area (Å²) in [5.74, 6) is -0.274. The van der Waals surface area contributed by atoms with Gasteiger partial charge in [-0.1, -0.05) is 12.1 Å². The van der Waals surface area contributed by atoms with Crippen LogP contribution < -0.4 is 0 Å². The van der Waals surface area contributed by atoms with Crippen LogP contribution in [0.2, 0.25) is 0 Å². The van der Waals surface area contributed by atoms with E-state index in [-0.39, 0.29) is 5.82 Å². The quantitative estimate of drug-likeness (QED) is 0.866. The predicted octanol–water partition coefficient (Wildman–Crippen LogP) is 1.95. The summed E-state index contributed by atoms with van der Waals surface area (Å²) in [7, 11) is 0. The molecule has 0 aliphatic heterocycles. The van der Waals surface area contributed by atoms with Crippen molar-refractivity contribution in [3.63, 3.8) is 0 Å². The predicted molar refractivity (Wildman–Crippen MR) is 55.0 cm³/mol. The van der Waals surface area contributed by atoms with Gasteiger partial charge in [0.15, 0.2) is 0 Å². The number of halogens is 1. The highest BCUT2D eigenvalue weighted by atomic mass is 32.1. The molecule has 2 aromatic rings. The average molecular weight is 224 g/mol. The maximum Gasteiger partial charge on any atom is 0.123 e. The monoisotopic (exact) mass is 224 g/mol. The van der Waals surface area contributed by atoms with Gasteiger partial charge in [0.25, 0.3) is 0 Å². The fraction of sp³-hybridized carbons (Fsp3) is 0.200. The zero-order valence-electron chi connectivity index (χ0n) is 7.80. The van der Waals surface area contributed by atoms with E-state index in [0.717, 1.165) is 17.3 Å². The molecular formula is C10H9FN2OS. The van der Waals surface area contributed by atoms with Gasteiger partial charge < -0.3 is 5.11 Å². The van der Waals surface area contributed by atoms with Crippen LogP contribution in [0.15, 0.2) is 30.5 Å². The number of hydrogen-bond acceptors (Lipinski definition) is 4. The van der Waals surface area contributed by atoms with Gasteiger partial charge in [-0.25, -0.2) is 4.39 Å². The lowest BCUT2D eigenvalue weighted by Gasteiger charge is -2.06. The Morgan fingerprint density at radius 1 is 1.33 bits per heavy atom. The Morgan fingerprint density at radius 2 is 2.07 bits per heavy atom. The number of aliphatic hydroxyl groups excluding tert-OH is 1. The Kier molecular flexibility index (Phi) is 3.03. The SMILES string of the molecule is OC(Cc1ccc(F)cc1)c1cnsn1. The molecule has 0 aliphatic rings. The van der Waals surface area contributed by atoms with Crippen LogP contribution in [0.25, 0.3) is 0 Å². The third-order valence-corrected chi connectivity index (χ3v) is 2.55. The van der Waals surface area contributed by atoms with E-state index in [1.54, 1.807) is 18.3 Å². The van der Waals surface area contributed by atoms with Crippen LogP contribution in [0.1, 0.15) is 17.4 Å². The summed E-state index contributed by atoms with van der Waals surface area (Å²) in [4.78, 5) is 0. The van der Waals surface area contributed by atoms with Crippen LogP contribution in [0.5, 0.6) is 0 Å². The average Bonchev–Trinajstić information content (AvgIpc) is 2.74. The highest BCUT2D eigenvalue weighted by Crippen LogP contribution is 2.16. The largest absolute Gasteiger partial charge is 0.386 e. The number of benzene rings is 1. The summed E-state index contributed by atoms with van der Waals surface area (Å²) < 4.78 is 20.4. The molecule has 78 valence electrons. The Bertz CT molecular complexity index is 415. The van der Waals surface area contributed by atoms with Gasteiger partial charge >= 0.3 is 0 Å². The Balaban J connectivity index is 2.06. The first-order chi connectivity index (χ1) is 7.25. The smallest absolute Gasteiger partial charge is 0.123 e. The van der Waals surface area contributed by atoms with Gasteiger partial charge in [0.1, 0.15) is 17.6 Å². The van der Waals surface area contributed by atoms with Gasteiger partial charge in [0.2, 0.25) is 0 Å². The van der Waals surface area contributed by atoms with Crippen LogP contribution in [-0.2, 0) is 6.42 Å². The van der Waals surface area contributed by atoms with E-state index < -0.39 is 6.10 Å². The van der Waals surface area contributed by atoms with E-state index in [1.807, 2.05) is 0 Å². The number of aliphatic hydroxyl groups is 1. The fourth-order valence-electron chi connectivity index (χ4n) is 1.27. The number of rotatable bonds is 3. The molecule has 0 spiro atoms. The van der Waals surface area contributed by atoms with E-state index in [0.29, 0.717) is 12.1 Å². The second-order valence-corrected chi connectivity index (χ2v) is 3.74. The molecule has 0 amide bonds. The molecule has 3 nitrogen and oxygen atoms in total. The molecule has 1 unspecified atom stereocenters. The first-order valence-corrected chi connectivity index (χ1v) is 5.18. The van der Waals surface area contributed by atoms with Crippen LogP contribution >= 0.6 is 11.7 Å². The van der Waals surface area contributed by atoms with Crippen molar-refractivity contribution < 1.29 is 9.50 Å². The lowest BCUT2D eigenvalue weighted by molar-refractivity contribution is 0.174. The van der Waals surface area contributed by atoms with Crippen molar-refractivity contribution in [3.05, 3.63) is 47.5 Å². The number of nitrogens with zero attached hydrogens (tertiary/aromatic N) is 2. The normalized spacial score (nSPS) is 12.7. The molecular weight excluding hydrogens is 215 g/mol. The standard InChI is InChI=1S/C10H9FN2OS/c11-8-3-1-7(2-4-8)5-10(14)9-6-12-15-13-9/h1-4,6,10,14H,5H2. The minimum atomic E-state index is -0.672. The van der Waals surface area contributed by atoms with Crippen molar-refractivity contribution in [1.29, 1.82) is 0 Å². The van der Waals surface area contributed by atoms with Gasteiger partial charge in [-0.15, -0.1) is 0 Å². The van der Waals surface area contributed by atoms with Gasteiger partial charge in [0.05, 0.1) is 17.9 Å². The zero-order valence-corrected chi connectivity index (χ0v) is 8.62. The molecule has 0 saturated heterocycles. The van der Waals surface area contributed by atoms with E-state index in [9.17, 15) is 9.50 Å². The molecule has 1 aromatic heterocycles. The minimum Gasteiger partial charge on any atom is -0.386 e. The maximum absolute atomic E-state index is 12.6. The molecule has 0 fully saturated rings. The van der Waals surface area contributed by atoms with Gasteiger partial charge in [0, 0.05) is 6.42 Å². The topological polar surface area (TPSA) is 46.0 Å². The second-order valence-electron chi connectivity index (χ2n) is 3.18. The minimum absolute atomic E-state index is 0.274. The highest BCUT2D eigenvalue weighted by Gasteiger charge is 2.11. The number of aromatic nitrogens is 2. The van der Waals surface area contributed by atoms with Gasteiger partial charge in [-0.3, -0.25) is 0 Å². The van der Waals surface area contributed by atoms with Crippen molar-refractivity contribution in [2.24, 2.45) is 0 Å². The Labute approximate surface area is 90.5 Å². The van der Waals surface area contributed by atoms with E-state index in [1.165, 1.54) is 12.1 Å². The second kappa shape index (κ2) is 4.46. The van der Waals surface area contributed by atoms with Crippen LogP contribution in [0.3, 0.4) is 0 Å². The summed E-state index contributed by atoms with van der Waals surface area (Å²) in [5.41, 5.74) is 1.43. The van der Waals surface area contributed by atoms with Crippen molar-refractivity contribution in [2.75, 3.05) is 0 Å². The van der Waals surface area contributed by atoms with Crippen molar-refractivity contribution in [3.8, 4) is 0 Å². The molecule has 1 atom stereocenters. The Morgan fingerprint density at radius 3 is 2.67 bits per heavy atom. The third-order valence-electron chi connectivity index (χ3n) is 2.06. The van der Waals surface area contributed by atoms with Crippen molar-refractivity contribution in [1.82, 2.24) is 8.75 Å². The van der Waals surface area contributed by atoms with E-state index in [4.69, 9.17) is 0 Å². The van der Waals surface area contributed by atoms with Crippen LogP contribution in [-0.4, -0.2) is 13.9 Å². The maximum atomic E-state index is 12.6. The third kappa shape index (κ3) is 2.57. The van der Waals surface area contributed by atoms with E-state index in [2.05, 4.69) is 8.75 Å². The lowest BCUT2D eigenvalue weighted by Crippen LogP contribution is -2.01. The molecule has 1 N–H and O–H groups in total. The fourth-order valence-corrected chi connectivity index (χ4v) is 1.73. The summed E-state index contributed by atoms with van der Waals surface area (Å²) in [6, 6.07) is 6.05. The van der Waals surface area contributed by atoms with Gasteiger partial charge in [-0.2, -0.15) is 8.75 Å². The highest BCUT2D eigenvalue weighted by molar-refractivity contribution is 6.99. The molecule has 1 aromatic carbocycles. The summed E-state index contributed by atoms with van der Waals surface area (Å²) in [6.45, 7) is 0. The Hall–Kier alpha value is -1.33. The summed E-state index contributed by atoms with van der Waals surface area (Å²) in [6.07, 6.45) is 1.29. The first-order valence-electron chi connectivity index (χ1n) is 4.45. The summed E-state index contributed by atoms with van der Waals surface area (Å²) >= 11 is 1.06. The zero-order chi connectivity index (χ0) is 10.7. The van der Waals surface area contributed by atoms with Crippen molar-refractivity contribution in [2.45, 2.75) is 12.5 Å². The molecule has 2 rings (SSSR count). The molecule has 5 heteroatoms. The van der Waals surface area contributed by atoms with Crippen LogP contribution in [0, 0.1) is 5.82 Å². The van der Waals surface area contributed by atoms with Crippen molar-refractivity contribution >= 4 is 11.7 Å². The molecule has 0 bridgehead atoms. The van der Waals surface area contributed by atoms with Crippen LogP contribution in [0.4, 0.5) is 4.39 Å². The summed E-state index contributed by atoms with van der Waals surface area (Å²) in [5, 5.41) is 9.74. The first kappa shape index (κ1) is 10.2. The molecule has 1 heterocycles. The molecule has 0 saturated carbocycles. The molecule has 0 aliphatic carbocycles. The molecule has 0 radical (unpaired) electrons. The van der Waals surface area contributed by atoms with E-state index >= 15 is 0 Å². The molecule has 15 heavy (non-hydrogen) atoms. The van der Waals surface area contributed by atoms with Gasteiger partial charge in [-0.05, 0) is 17.7 Å². The lowest BCUT2D eigenvalue weighted by atomic mass is 10.1.